The molecule has 0 aliphatic carbocycles. The summed E-state index contributed by atoms with van der Waals surface area (Å²) in [7, 11) is 0. The van der Waals surface area contributed by atoms with E-state index in [1.165, 1.54) is 18.4 Å². The van der Waals surface area contributed by atoms with Crippen LogP contribution in [0.3, 0.4) is 0 Å². The lowest BCUT2D eigenvalue weighted by molar-refractivity contribution is 0.243. The van der Waals surface area contributed by atoms with E-state index in [0.29, 0.717) is 18.4 Å². The highest BCUT2D eigenvalue weighted by Crippen LogP contribution is 2.19. The second-order valence-corrected chi connectivity index (χ2v) is 7.80. The third-order valence-corrected chi connectivity index (χ3v) is 4.90. The maximum atomic E-state index is 9.30. The number of rotatable bonds is 10. The average molecular weight is 503 g/mol. The standard InChI is InChI=1S/C21H37N5O.HI/c1-4-22-21(25-16-19(8-12-27)13-17(2)3)24-15-18-7-9-23-20(14-18)26-10-5-6-11-26;/h7,9,14,17,19,27H,4-6,8,10-13,15-16H2,1-3H3,(H2,22,24,25);1H. The highest BCUT2D eigenvalue weighted by molar-refractivity contribution is 14.0. The first-order valence-electron chi connectivity index (χ1n) is 10.4. The molecular formula is C21H38IN5O. The molecule has 0 radical (unpaired) electrons. The topological polar surface area (TPSA) is 72.8 Å². The number of aliphatic hydroxyl groups is 1. The Bertz CT molecular complexity index is 576. The van der Waals surface area contributed by atoms with Gasteiger partial charge in [-0.05, 0) is 62.1 Å². The highest BCUT2D eigenvalue weighted by Gasteiger charge is 2.14. The predicted molar refractivity (Wildman–Crippen MR) is 129 cm³/mol. The first-order chi connectivity index (χ1) is 13.1. The Morgan fingerprint density at radius 3 is 2.68 bits per heavy atom. The second-order valence-electron chi connectivity index (χ2n) is 7.80. The van der Waals surface area contributed by atoms with Crippen LogP contribution in [0, 0.1) is 11.8 Å². The quantitative estimate of drug-likeness (QED) is 0.259. The largest absolute Gasteiger partial charge is 0.396 e. The molecular weight excluding hydrogens is 465 g/mol. The molecule has 1 aliphatic heterocycles. The van der Waals surface area contributed by atoms with Crippen LogP contribution >= 0.6 is 24.0 Å². The number of nitrogens with one attached hydrogen (secondary N) is 2. The van der Waals surface area contributed by atoms with Crippen molar-refractivity contribution >= 4 is 35.8 Å². The van der Waals surface area contributed by atoms with Crippen LogP contribution in [0.1, 0.15) is 52.0 Å². The van der Waals surface area contributed by atoms with Crippen molar-refractivity contribution in [3.63, 3.8) is 0 Å². The normalized spacial score (nSPS) is 15.5. The third-order valence-electron chi connectivity index (χ3n) is 4.90. The molecule has 160 valence electrons. The van der Waals surface area contributed by atoms with Crippen molar-refractivity contribution in [1.82, 2.24) is 15.6 Å². The van der Waals surface area contributed by atoms with Gasteiger partial charge < -0.3 is 20.6 Å². The maximum Gasteiger partial charge on any atom is 0.191 e. The minimum atomic E-state index is 0. The van der Waals surface area contributed by atoms with Gasteiger partial charge in [0.05, 0.1) is 6.54 Å². The number of aliphatic hydroxyl groups excluding tert-OH is 1. The van der Waals surface area contributed by atoms with Gasteiger partial charge in [-0.2, -0.15) is 0 Å². The molecule has 1 aromatic rings. The first-order valence-corrected chi connectivity index (χ1v) is 10.4. The SMILES string of the molecule is CCNC(=NCc1ccnc(N2CCCC2)c1)NCC(CCO)CC(C)C.I. The summed E-state index contributed by atoms with van der Waals surface area (Å²) in [6, 6.07) is 4.20. The Morgan fingerprint density at radius 2 is 2.04 bits per heavy atom. The number of hydrogen-bond acceptors (Lipinski definition) is 4. The molecule has 0 aromatic carbocycles. The fraction of sp³-hybridized carbons (Fsp3) is 0.714. The van der Waals surface area contributed by atoms with Crippen molar-refractivity contribution in [2.24, 2.45) is 16.8 Å². The van der Waals surface area contributed by atoms with Crippen LogP contribution in [0.5, 0.6) is 0 Å². The molecule has 1 aliphatic rings. The van der Waals surface area contributed by atoms with E-state index in [2.05, 4.69) is 47.4 Å². The van der Waals surface area contributed by atoms with Crippen LogP contribution in [-0.2, 0) is 6.54 Å². The van der Waals surface area contributed by atoms with Gasteiger partial charge in [-0.15, -0.1) is 24.0 Å². The van der Waals surface area contributed by atoms with Crippen molar-refractivity contribution in [2.75, 3.05) is 37.7 Å². The van der Waals surface area contributed by atoms with E-state index in [9.17, 15) is 5.11 Å². The monoisotopic (exact) mass is 503 g/mol. The van der Waals surface area contributed by atoms with Crippen molar-refractivity contribution < 1.29 is 5.11 Å². The molecule has 1 atom stereocenters. The lowest BCUT2D eigenvalue weighted by Gasteiger charge is -2.20. The van der Waals surface area contributed by atoms with Crippen molar-refractivity contribution in [1.29, 1.82) is 0 Å². The van der Waals surface area contributed by atoms with Gasteiger partial charge in [0.1, 0.15) is 5.82 Å². The van der Waals surface area contributed by atoms with E-state index in [1.54, 1.807) is 0 Å². The zero-order valence-electron chi connectivity index (χ0n) is 17.7. The van der Waals surface area contributed by atoms with Crippen LogP contribution in [0.4, 0.5) is 5.82 Å². The average Bonchev–Trinajstić information content (AvgIpc) is 3.18. The molecule has 1 unspecified atom stereocenters. The summed E-state index contributed by atoms with van der Waals surface area (Å²) in [5.41, 5.74) is 1.18. The van der Waals surface area contributed by atoms with Gasteiger partial charge in [-0.25, -0.2) is 9.98 Å². The molecule has 28 heavy (non-hydrogen) atoms. The molecule has 3 N–H and O–H groups in total. The Hall–Kier alpha value is -1.09. The molecule has 6 nitrogen and oxygen atoms in total. The number of aromatic nitrogens is 1. The molecule has 7 heteroatoms. The summed E-state index contributed by atoms with van der Waals surface area (Å²) in [4.78, 5) is 11.6. The summed E-state index contributed by atoms with van der Waals surface area (Å²) in [6.07, 6.45) is 6.33. The summed E-state index contributed by atoms with van der Waals surface area (Å²) in [5, 5.41) is 16.1. The lowest BCUT2D eigenvalue weighted by Crippen LogP contribution is -2.40. The van der Waals surface area contributed by atoms with Crippen molar-refractivity contribution in [3.05, 3.63) is 23.9 Å². The van der Waals surface area contributed by atoms with Gasteiger partial charge in [0.2, 0.25) is 0 Å². The lowest BCUT2D eigenvalue weighted by atomic mass is 9.94. The number of pyridine rings is 1. The number of aliphatic imine (C=N–C) groups is 1. The van der Waals surface area contributed by atoms with Gasteiger partial charge >= 0.3 is 0 Å². The van der Waals surface area contributed by atoms with Gasteiger partial charge in [-0.1, -0.05) is 13.8 Å². The zero-order chi connectivity index (χ0) is 19.5. The minimum Gasteiger partial charge on any atom is -0.396 e. The number of anilines is 1. The van der Waals surface area contributed by atoms with E-state index in [0.717, 1.165) is 50.8 Å². The Labute approximate surface area is 187 Å². The zero-order valence-corrected chi connectivity index (χ0v) is 20.0. The van der Waals surface area contributed by atoms with Crippen LogP contribution in [0.25, 0.3) is 0 Å². The van der Waals surface area contributed by atoms with Crippen molar-refractivity contribution in [2.45, 2.75) is 53.0 Å². The van der Waals surface area contributed by atoms with E-state index in [4.69, 9.17) is 4.99 Å². The van der Waals surface area contributed by atoms with Crippen LogP contribution in [0.2, 0.25) is 0 Å². The molecule has 1 saturated heterocycles. The molecule has 2 rings (SSSR count). The molecule has 0 bridgehead atoms. The van der Waals surface area contributed by atoms with Gasteiger partial charge in [0.15, 0.2) is 5.96 Å². The fourth-order valence-corrected chi connectivity index (χ4v) is 3.58. The fourth-order valence-electron chi connectivity index (χ4n) is 3.58. The van der Waals surface area contributed by atoms with Crippen LogP contribution < -0.4 is 15.5 Å². The van der Waals surface area contributed by atoms with E-state index in [1.807, 2.05) is 12.3 Å². The smallest absolute Gasteiger partial charge is 0.191 e. The molecule has 1 aromatic heterocycles. The van der Waals surface area contributed by atoms with Crippen molar-refractivity contribution in [3.8, 4) is 0 Å². The van der Waals surface area contributed by atoms with E-state index >= 15 is 0 Å². The Morgan fingerprint density at radius 1 is 1.29 bits per heavy atom. The molecule has 0 spiro atoms. The summed E-state index contributed by atoms with van der Waals surface area (Å²) >= 11 is 0. The van der Waals surface area contributed by atoms with Crippen LogP contribution in [0.15, 0.2) is 23.3 Å². The second kappa shape index (κ2) is 14.0. The highest BCUT2D eigenvalue weighted by atomic mass is 127. The molecule has 0 amide bonds. The number of guanidine groups is 1. The molecule has 0 saturated carbocycles. The molecule has 1 fully saturated rings. The summed E-state index contributed by atoms with van der Waals surface area (Å²) in [5.74, 6) is 2.99. The Kier molecular flexibility index (Phi) is 12.5. The molecule has 2 heterocycles. The number of halogens is 1. The van der Waals surface area contributed by atoms with Crippen LogP contribution in [-0.4, -0.2) is 48.8 Å². The minimum absolute atomic E-state index is 0. The van der Waals surface area contributed by atoms with Gasteiger partial charge in [0.25, 0.3) is 0 Å². The summed E-state index contributed by atoms with van der Waals surface area (Å²) in [6.45, 7) is 11.3. The summed E-state index contributed by atoms with van der Waals surface area (Å²) < 4.78 is 0. The maximum absolute atomic E-state index is 9.30. The van der Waals surface area contributed by atoms with E-state index < -0.39 is 0 Å². The Balaban J connectivity index is 0.00000392. The third kappa shape index (κ3) is 8.94. The number of hydrogen-bond donors (Lipinski definition) is 3. The predicted octanol–water partition coefficient (Wildman–Crippen LogP) is 3.40. The van der Waals surface area contributed by atoms with Gasteiger partial charge in [0, 0.05) is 39.0 Å². The number of nitrogens with zero attached hydrogens (tertiary/aromatic N) is 3. The van der Waals surface area contributed by atoms with Gasteiger partial charge in [-0.3, -0.25) is 0 Å². The van der Waals surface area contributed by atoms with E-state index in [-0.39, 0.29) is 30.6 Å². The first kappa shape index (κ1) is 24.9.